The lowest BCUT2D eigenvalue weighted by atomic mass is 10.2. The summed E-state index contributed by atoms with van der Waals surface area (Å²) in [6.45, 7) is 1.63. The molecule has 1 fully saturated rings. The number of anilines is 1. The van der Waals surface area contributed by atoms with Crippen LogP contribution in [0.3, 0.4) is 0 Å². The fraction of sp³-hybridized carbons (Fsp3) is 0.357. The molecule has 1 aliphatic rings. The Kier molecular flexibility index (Phi) is 3.74. The molecule has 0 saturated carbocycles. The molecule has 3 rings (SSSR count). The molecule has 1 saturated heterocycles. The number of rotatable bonds is 3. The molecule has 2 heterocycles. The summed E-state index contributed by atoms with van der Waals surface area (Å²) in [5, 5.41) is 3.15. The summed E-state index contributed by atoms with van der Waals surface area (Å²) in [6, 6.07) is 5.20. The maximum absolute atomic E-state index is 12.1. The Bertz CT molecular complexity index is 691. The van der Waals surface area contributed by atoms with Crippen LogP contribution >= 0.6 is 11.3 Å². The number of nitrogens with zero attached hydrogens (tertiary/aromatic N) is 2. The highest BCUT2D eigenvalue weighted by Gasteiger charge is 2.18. The Balaban J connectivity index is 1.64. The Labute approximate surface area is 125 Å². The summed E-state index contributed by atoms with van der Waals surface area (Å²) >= 11 is 1.34. The molecule has 0 radical (unpaired) electrons. The quantitative estimate of drug-likeness (QED) is 0.892. The lowest BCUT2D eigenvalue weighted by Crippen LogP contribution is -2.38. The number of carbonyl (C=O) groups is 2. The van der Waals surface area contributed by atoms with Crippen LogP contribution in [-0.4, -0.2) is 41.3 Å². The summed E-state index contributed by atoms with van der Waals surface area (Å²) in [4.78, 5) is 29.9. The third kappa shape index (κ3) is 2.97. The topological polar surface area (TPSA) is 88.3 Å². The monoisotopic (exact) mass is 304 g/mol. The Morgan fingerprint density at radius 3 is 2.86 bits per heavy atom. The van der Waals surface area contributed by atoms with Crippen LogP contribution in [0.2, 0.25) is 0 Å². The average Bonchev–Trinajstić information content (AvgIpc) is 3.11. The standard InChI is InChI=1S/C14H16N4O2S/c15-14-17-10-4-3-9(7-11(10)21-14)13(20)16-8-12(19)18-5-1-2-6-18/h3-4,7H,1-2,5-6,8H2,(H2,15,17)(H,16,20). The van der Waals surface area contributed by atoms with Crippen LogP contribution in [0.15, 0.2) is 18.2 Å². The predicted molar refractivity (Wildman–Crippen MR) is 82.2 cm³/mol. The minimum atomic E-state index is -0.253. The third-order valence-electron chi connectivity index (χ3n) is 3.53. The molecule has 0 bridgehead atoms. The minimum absolute atomic E-state index is 0.0241. The highest BCUT2D eigenvalue weighted by Crippen LogP contribution is 2.24. The first-order valence-corrected chi connectivity index (χ1v) is 7.67. The van der Waals surface area contributed by atoms with Crippen molar-refractivity contribution in [2.75, 3.05) is 25.4 Å². The van der Waals surface area contributed by atoms with Crippen molar-refractivity contribution in [3.63, 3.8) is 0 Å². The number of nitrogens with two attached hydrogens (primary N) is 1. The Morgan fingerprint density at radius 1 is 1.33 bits per heavy atom. The lowest BCUT2D eigenvalue weighted by Gasteiger charge is -2.15. The number of nitrogens with one attached hydrogen (secondary N) is 1. The van der Waals surface area contributed by atoms with Crippen LogP contribution in [0.1, 0.15) is 23.2 Å². The largest absolute Gasteiger partial charge is 0.375 e. The van der Waals surface area contributed by atoms with Crippen molar-refractivity contribution in [1.29, 1.82) is 0 Å². The number of aromatic nitrogens is 1. The van der Waals surface area contributed by atoms with Crippen molar-refractivity contribution in [2.45, 2.75) is 12.8 Å². The number of likely N-dealkylation sites (tertiary alicyclic amines) is 1. The highest BCUT2D eigenvalue weighted by molar-refractivity contribution is 7.22. The number of nitrogen functional groups attached to an aromatic ring is 1. The molecule has 7 heteroatoms. The van der Waals surface area contributed by atoms with Gasteiger partial charge >= 0.3 is 0 Å². The molecule has 0 spiro atoms. The van der Waals surface area contributed by atoms with Gasteiger partial charge in [-0.05, 0) is 31.0 Å². The molecule has 2 aromatic rings. The van der Waals surface area contributed by atoms with E-state index in [4.69, 9.17) is 5.73 Å². The Morgan fingerprint density at radius 2 is 2.10 bits per heavy atom. The Hall–Kier alpha value is -2.15. The summed E-state index contributed by atoms with van der Waals surface area (Å²) in [5.41, 5.74) is 6.94. The van der Waals surface area contributed by atoms with E-state index in [1.807, 2.05) is 0 Å². The smallest absolute Gasteiger partial charge is 0.251 e. The maximum Gasteiger partial charge on any atom is 0.251 e. The fourth-order valence-corrected chi connectivity index (χ4v) is 3.19. The molecule has 0 atom stereocenters. The molecule has 0 aliphatic carbocycles. The van der Waals surface area contributed by atoms with Crippen LogP contribution in [0, 0.1) is 0 Å². The molecule has 6 nitrogen and oxygen atoms in total. The number of carbonyl (C=O) groups excluding carboxylic acids is 2. The summed E-state index contributed by atoms with van der Waals surface area (Å²) in [5.74, 6) is -0.277. The summed E-state index contributed by atoms with van der Waals surface area (Å²) in [6.07, 6.45) is 2.09. The molecule has 2 amide bonds. The van der Waals surface area contributed by atoms with Gasteiger partial charge in [-0.15, -0.1) is 0 Å². The predicted octanol–water partition coefficient (Wildman–Crippen LogP) is 1.23. The van der Waals surface area contributed by atoms with Crippen molar-refractivity contribution < 1.29 is 9.59 Å². The van der Waals surface area contributed by atoms with Crippen LogP contribution in [0.25, 0.3) is 10.2 Å². The first-order chi connectivity index (χ1) is 10.1. The van der Waals surface area contributed by atoms with Gasteiger partial charge in [-0.2, -0.15) is 0 Å². The van der Waals surface area contributed by atoms with E-state index in [0.29, 0.717) is 10.7 Å². The molecule has 1 aromatic heterocycles. The first kappa shape index (κ1) is 13.8. The minimum Gasteiger partial charge on any atom is -0.375 e. The molecule has 1 aromatic carbocycles. The zero-order valence-electron chi connectivity index (χ0n) is 11.5. The summed E-state index contributed by atoms with van der Waals surface area (Å²) < 4.78 is 0.867. The second-order valence-corrected chi connectivity index (χ2v) is 6.07. The SMILES string of the molecule is Nc1nc2ccc(C(=O)NCC(=O)N3CCCC3)cc2s1. The number of thiazole rings is 1. The third-order valence-corrected chi connectivity index (χ3v) is 4.37. The van der Waals surface area contributed by atoms with E-state index in [-0.39, 0.29) is 18.4 Å². The van der Waals surface area contributed by atoms with E-state index in [2.05, 4.69) is 10.3 Å². The second kappa shape index (κ2) is 5.69. The number of hydrogen-bond donors (Lipinski definition) is 2. The van der Waals surface area contributed by atoms with E-state index in [1.165, 1.54) is 11.3 Å². The lowest BCUT2D eigenvalue weighted by molar-refractivity contribution is -0.129. The van der Waals surface area contributed by atoms with E-state index in [9.17, 15) is 9.59 Å². The van der Waals surface area contributed by atoms with Gasteiger partial charge in [-0.25, -0.2) is 4.98 Å². The number of fused-ring (bicyclic) bond motifs is 1. The maximum atomic E-state index is 12.1. The van der Waals surface area contributed by atoms with Crippen LogP contribution in [0.5, 0.6) is 0 Å². The van der Waals surface area contributed by atoms with Gasteiger partial charge in [0.15, 0.2) is 5.13 Å². The molecule has 110 valence electrons. The van der Waals surface area contributed by atoms with Crippen molar-refractivity contribution in [3.8, 4) is 0 Å². The van der Waals surface area contributed by atoms with Crippen LogP contribution < -0.4 is 11.1 Å². The molecule has 3 N–H and O–H groups in total. The molecule has 1 aliphatic heterocycles. The fourth-order valence-electron chi connectivity index (χ4n) is 2.42. The van der Waals surface area contributed by atoms with E-state index < -0.39 is 0 Å². The summed E-state index contributed by atoms with van der Waals surface area (Å²) in [7, 11) is 0. The molecular formula is C14H16N4O2S. The van der Waals surface area contributed by atoms with Gasteiger partial charge in [-0.3, -0.25) is 9.59 Å². The van der Waals surface area contributed by atoms with Crippen LogP contribution in [-0.2, 0) is 4.79 Å². The number of benzene rings is 1. The number of amides is 2. The van der Waals surface area contributed by atoms with E-state index >= 15 is 0 Å². The zero-order valence-corrected chi connectivity index (χ0v) is 12.3. The molecular weight excluding hydrogens is 288 g/mol. The van der Waals surface area contributed by atoms with Gasteiger partial charge in [0, 0.05) is 18.7 Å². The molecule has 21 heavy (non-hydrogen) atoms. The van der Waals surface area contributed by atoms with Crippen molar-refractivity contribution in [3.05, 3.63) is 23.8 Å². The van der Waals surface area contributed by atoms with Gasteiger partial charge in [-0.1, -0.05) is 11.3 Å². The van der Waals surface area contributed by atoms with Gasteiger partial charge in [0.1, 0.15) is 0 Å². The second-order valence-electron chi connectivity index (χ2n) is 5.01. The van der Waals surface area contributed by atoms with Crippen molar-refractivity contribution >= 4 is 38.5 Å². The van der Waals surface area contributed by atoms with Gasteiger partial charge in [0.2, 0.25) is 5.91 Å². The van der Waals surface area contributed by atoms with Gasteiger partial charge in [0.25, 0.3) is 5.91 Å². The normalized spacial score (nSPS) is 14.6. The van der Waals surface area contributed by atoms with Crippen LogP contribution in [0.4, 0.5) is 5.13 Å². The van der Waals surface area contributed by atoms with Gasteiger partial charge < -0.3 is 16.0 Å². The average molecular weight is 304 g/mol. The van der Waals surface area contributed by atoms with Crippen molar-refractivity contribution in [2.24, 2.45) is 0 Å². The first-order valence-electron chi connectivity index (χ1n) is 6.85. The van der Waals surface area contributed by atoms with E-state index in [1.54, 1.807) is 23.1 Å². The van der Waals surface area contributed by atoms with Gasteiger partial charge in [0.05, 0.1) is 16.8 Å². The number of hydrogen-bond acceptors (Lipinski definition) is 5. The zero-order chi connectivity index (χ0) is 14.8. The van der Waals surface area contributed by atoms with E-state index in [0.717, 1.165) is 36.1 Å². The highest BCUT2D eigenvalue weighted by atomic mass is 32.1. The molecule has 0 unspecified atom stereocenters. The van der Waals surface area contributed by atoms with Crippen molar-refractivity contribution in [1.82, 2.24) is 15.2 Å².